The molecule has 1 aliphatic rings. The summed E-state index contributed by atoms with van der Waals surface area (Å²) < 4.78 is 2.20. The number of nitrogens with zero attached hydrogens (tertiary/aromatic N) is 4. The monoisotopic (exact) mass is 376 g/mol. The minimum atomic E-state index is 0.667. The Morgan fingerprint density at radius 3 is 2.52 bits per heavy atom. The minimum absolute atomic E-state index is 0.667. The van der Waals surface area contributed by atoms with Gasteiger partial charge in [0.2, 0.25) is 0 Å². The highest BCUT2D eigenvalue weighted by Gasteiger charge is 2.24. The molecule has 2 aromatic carbocycles. The van der Waals surface area contributed by atoms with Gasteiger partial charge in [-0.25, -0.2) is 15.0 Å². The van der Waals surface area contributed by atoms with Gasteiger partial charge in [0.25, 0.3) is 0 Å². The van der Waals surface area contributed by atoms with Crippen LogP contribution in [0.25, 0.3) is 33.2 Å². The van der Waals surface area contributed by atoms with Crippen molar-refractivity contribution in [2.24, 2.45) is 0 Å². The van der Waals surface area contributed by atoms with Gasteiger partial charge < -0.3 is 4.57 Å². The van der Waals surface area contributed by atoms with Crippen molar-refractivity contribution in [3.8, 4) is 11.4 Å². The summed E-state index contributed by atoms with van der Waals surface area (Å²) in [5, 5.41) is 3.61. The molecule has 29 heavy (non-hydrogen) atoms. The van der Waals surface area contributed by atoms with Crippen LogP contribution >= 0.6 is 0 Å². The van der Waals surface area contributed by atoms with E-state index < -0.39 is 0 Å². The fraction of sp³-hybridized carbons (Fsp3) is 0.160. The second kappa shape index (κ2) is 6.52. The summed E-state index contributed by atoms with van der Waals surface area (Å²) >= 11 is 0. The molecule has 0 spiro atoms. The fourth-order valence-corrected chi connectivity index (χ4v) is 4.06. The summed E-state index contributed by atoms with van der Waals surface area (Å²) in [6.07, 6.45) is 10.5. The molecular weight excluding hydrogens is 356 g/mol. The van der Waals surface area contributed by atoms with E-state index in [0.29, 0.717) is 5.92 Å². The van der Waals surface area contributed by atoms with Crippen molar-refractivity contribution in [2.75, 3.05) is 0 Å². The third-order valence-electron chi connectivity index (χ3n) is 5.76. The molecule has 4 heteroatoms. The van der Waals surface area contributed by atoms with Crippen molar-refractivity contribution in [1.29, 1.82) is 0 Å². The van der Waals surface area contributed by atoms with Gasteiger partial charge in [-0.2, -0.15) is 0 Å². The molecule has 5 aromatic rings. The van der Waals surface area contributed by atoms with Gasteiger partial charge in [0.05, 0.1) is 0 Å². The van der Waals surface area contributed by atoms with Gasteiger partial charge in [0, 0.05) is 42.3 Å². The molecule has 0 unspecified atom stereocenters. The maximum atomic E-state index is 4.67. The lowest BCUT2D eigenvalue weighted by molar-refractivity contribution is 0.826. The minimum Gasteiger partial charge on any atom is -0.327 e. The van der Waals surface area contributed by atoms with Gasteiger partial charge in [-0.1, -0.05) is 36.4 Å². The van der Waals surface area contributed by atoms with Crippen molar-refractivity contribution in [3.05, 3.63) is 90.5 Å². The van der Waals surface area contributed by atoms with Crippen LogP contribution in [-0.2, 0) is 6.54 Å². The van der Waals surface area contributed by atoms with Gasteiger partial charge in [-0.3, -0.25) is 0 Å². The third-order valence-corrected chi connectivity index (χ3v) is 5.76. The molecular formula is C25H20N4. The Hall–Kier alpha value is -3.53. The molecule has 0 bridgehead atoms. The van der Waals surface area contributed by atoms with E-state index in [9.17, 15) is 0 Å². The molecule has 0 N–H and O–H groups in total. The van der Waals surface area contributed by atoms with Gasteiger partial charge in [-0.15, -0.1) is 0 Å². The van der Waals surface area contributed by atoms with Crippen molar-refractivity contribution >= 4 is 21.8 Å². The van der Waals surface area contributed by atoms with E-state index in [1.165, 1.54) is 34.7 Å². The average Bonchev–Trinajstić information content (AvgIpc) is 3.57. The van der Waals surface area contributed by atoms with Crippen molar-refractivity contribution in [2.45, 2.75) is 25.3 Å². The highest BCUT2D eigenvalue weighted by Crippen LogP contribution is 2.39. The Labute approximate surface area is 168 Å². The van der Waals surface area contributed by atoms with Crippen LogP contribution in [0, 0.1) is 0 Å². The number of hydrogen-bond acceptors (Lipinski definition) is 3. The lowest BCUT2D eigenvalue weighted by Gasteiger charge is -2.06. The van der Waals surface area contributed by atoms with Crippen LogP contribution in [0.1, 0.15) is 29.9 Å². The Morgan fingerprint density at radius 1 is 0.862 bits per heavy atom. The first-order valence-electron chi connectivity index (χ1n) is 10.1. The van der Waals surface area contributed by atoms with Crippen LogP contribution in [-0.4, -0.2) is 19.5 Å². The molecule has 6 rings (SSSR count). The van der Waals surface area contributed by atoms with E-state index in [1.54, 1.807) is 0 Å². The zero-order valence-electron chi connectivity index (χ0n) is 16.0. The Balaban J connectivity index is 1.41. The van der Waals surface area contributed by atoms with Gasteiger partial charge >= 0.3 is 0 Å². The number of rotatable bonds is 4. The molecule has 4 nitrogen and oxygen atoms in total. The topological polar surface area (TPSA) is 43.6 Å². The van der Waals surface area contributed by atoms with E-state index in [-0.39, 0.29) is 0 Å². The summed E-state index contributed by atoms with van der Waals surface area (Å²) in [5.41, 5.74) is 4.51. The molecule has 3 aromatic heterocycles. The van der Waals surface area contributed by atoms with Crippen molar-refractivity contribution in [1.82, 2.24) is 19.5 Å². The maximum Gasteiger partial charge on any atom is 0.161 e. The van der Waals surface area contributed by atoms with Crippen molar-refractivity contribution in [3.63, 3.8) is 0 Å². The van der Waals surface area contributed by atoms with Crippen LogP contribution < -0.4 is 0 Å². The molecule has 0 aliphatic heterocycles. The summed E-state index contributed by atoms with van der Waals surface area (Å²) in [7, 11) is 0. The standard InChI is InChI=1S/C25H20N4/c1-2-5-20-12-17(7-8-18(20)4-1)15-29-16-23(22-6-3-11-26-25(22)29)24-27-13-21(14-28-24)19-9-10-19/h1-8,11-14,16,19H,9-10,15H2. The largest absolute Gasteiger partial charge is 0.327 e. The zero-order chi connectivity index (χ0) is 19.2. The van der Waals surface area contributed by atoms with Gasteiger partial charge in [-0.05, 0) is 58.9 Å². The van der Waals surface area contributed by atoms with Crippen LogP contribution in [0.4, 0.5) is 0 Å². The molecule has 1 aliphatic carbocycles. The molecule has 0 atom stereocenters. The molecule has 0 radical (unpaired) electrons. The average molecular weight is 376 g/mol. The molecule has 0 saturated heterocycles. The smallest absolute Gasteiger partial charge is 0.161 e. The first-order valence-corrected chi connectivity index (χ1v) is 10.1. The Bertz CT molecular complexity index is 1330. The predicted molar refractivity (Wildman–Crippen MR) is 116 cm³/mol. The normalized spacial score (nSPS) is 13.9. The summed E-state index contributed by atoms with van der Waals surface area (Å²) in [6, 6.07) is 19.2. The van der Waals surface area contributed by atoms with Crippen LogP contribution in [0.5, 0.6) is 0 Å². The van der Waals surface area contributed by atoms with Crippen molar-refractivity contribution < 1.29 is 0 Å². The number of fused-ring (bicyclic) bond motifs is 2. The number of benzene rings is 2. The van der Waals surface area contributed by atoms with Crippen LogP contribution in [0.15, 0.2) is 79.4 Å². The highest BCUT2D eigenvalue weighted by molar-refractivity contribution is 5.92. The molecule has 1 saturated carbocycles. The van der Waals surface area contributed by atoms with Crippen LogP contribution in [0.2, 0.25) is 0 Å². The predicted octanol–water partition coefficient (Wildman–Crippen LogP) is 5.57. The number of hydrogen-bond donors (Lipinski definition) is 0. The summed E-state index contributed by atoms with van der Waals surface area (Å²) in [4.78, 5) is 14.0. The lowest BCUT2D eigenvalue weighted by atomic mass is 10.1. The first kappa shape index (κ1) is 16.4. The molecule has 3 heterocycles. The van der Waals surface area contributed by atoms with E-state index in [2.05, 4.69) is 74.2 Å². The second-order valence-electron chi connectivity index (χ2n) is 7.84. The van der Waals surface area contributed by atoms with E-state index in [0.717, 1.165) is 29.0 Å². The second-order valence-corrected chi connectivity index (χ2v) is 7.84. The van der Waals surface area contributed by atoms with Crippen LogP contribution in [0.3, 0.4) is 0 Å². The number of aromatic nitrogens is 4. The Kier molecular flexibility index (Phi) is 3.69. The third kappa shape index (κ3) is 2.97. The quantitative estimate of drug-likeness (QED) is 0.412. The van der Waals surface area contributed by atoms with E-state index in [4.69, 9.17) is 0 Å². The summed E-state index contributed by atoms with van der Waals surface area (Å²) in [6.45, 7) is 0.762. The molecule has 0 amide bonds. The highest BCUT2D eigenvalue weighted by atomic mass is 15.0. The van der Waals surface area contributed by atoms with Gasteiger partial charge in [0.15, 0.2) is 5.82 Å². The fourth-order valence-electron chi connectivity index (χ4n) is 4.06. The maximum absolute atomic E-state index is 4.67. The zero-order valence-corrected chi connectivity index (χ0v) is 16.0. The first-order chi connectivity index (χ1) is 14.3. The molecule has 140 valence electrons. The summed E-state index contributed by atoms with van der Waals surface area (Å²) in [5.74, 6) is 1.43. The molecule has 1 fully saturated rings. The van der Waals surface area contributed by atoms with Gasteiger partial charge in [0.1, 0.15) is 5.65 Å². The SMILES string of the molecule is c1ccc2cc(Cn3cc(-c4ncc(C5CC5)cn4)c4cccnc43)ccc2c1. The Morgan fingerprint density at radius 2 is 1.69 bits per heavy atom. The van der Waals surface area contributed by atoms with E-state index in [1.807, 2.05) is 24.7 Å². The van der Waals surface area contributed by atoms with E-state index >= 15 is 0 Å². The number of pyridine rings is 1. The lowest BCUT2D eigenvalue weighted by Crippen LogP contribution is -1.99.